The van der Waals surface area contributed by atoms with Crippen LogP contribution in [0.3, 0.4) is 0 Å². The average molecular weight is 318 g/mol. The summed E-state index contributed by atoms with van der Waals surface area (Å²) in [5, 5.41) is 15.9. The molecule has 0 unspecified atom stereocenters. The minimum absolute atomic E-state index is 0.153. The smallest absolute Gasteiger partial charge is 0.314 e. The van der Waals surface area contributed by atoms with Crippen molar-refractivity contribution in [2.75, 3.05) is 5.32 Å². The molecule has 0 aliphatic rings. The number of amides is 2. The second-order valence-electron chi connectivity index (χ2n) is 4.26. The van der Waals surface area contributed by atoms with E-state index in [0.717, 1.165) is 5.56 Å². The molecule has 0 heterocycles. The van der Waals surface area contributed by atoms with Gasteiger partial charge in [-0.25, -0.2) is 4.79 Å². The van der Waals surface area contributed by atoms with Gasteiger partial charge in [-0.05, 0) is 17.7 Å². The Bertz CT molecular complexity index is 717. The van der Waals surface area contributed by atoms with Gasteiger partial charge in [0.05, 0.1) is 15.6 Å². The van der Waals surface area contributed by atoms with Gasteiger partial charge < -0.3 is 10.6 Å². The molecule has 2 rings (SSSR count). The Morgan fingerprint density at radius 1 is 1.18 bits per heavy atom. The highest BCUT2D eigenvalue weighted by Crippen LogP contribution is 2.26. The van der Waals surface area contributed by atoms with Crippen LogP contribution in [0.1, 0.15) is 5.56 Å². The Morgan fingerprint density at radius 3 is 2.59 bits per heavy atom. The van der Waals surface area contributed by atoms with Crippen LogP contribution in [0.5, 0.6) is 0 Å². The molecule has 112 valence electrons. The zero-order valence-corrected chi connectivity index (χ0v) is 12.1. The van der Waals surface area contributed by atoms with E-state index >= 15 is 0 Å². The van der Waals surface area contributed by atoms with E-state index in [-0.39, 0.29) is 16.4 Å². The summed E-state index contributed by atoms with van der Waals surface area (Å²) in [6, 6.07) is 12.7. The maximum Gasteiger partial charge on any atom is 0.323 e. The molecule has 0 saturated carbocycles. The molecule has 7 heteroatoms. The van der Waals surface area contributed by atoms with Gasteiger partial charge in [-0.15, -0.1) is 0 Å². The van der Waals surface area contributed by atoms with Crippen molar-refractivity contribution >= 4 is 35.1 Å². The van der Waals surface area contributed by atoms with E-state index in [1.165, 1.54) is 24.4 Å². The minimum Gasteiger partial charge on any atom is -0.314 e. The van der Waals surface area contributed by atoms with E-state index in [1.807, 2.05) is 30.3 Å². The SMILES string of the molecule is O=C(N/C=C/c1ccccc1)Nc1cc([N+](=O)[O-])ccc1Cl. The summed E-state index contributed by atoms with van der Waals surface area (Å²) in [5.41, 5.74) is 0.942. The van der Waals surface area contributed by atoms with Gasteiger partial charge in [-0.1, -0.05) is 41.9 Å². The highest BCUT2D eigenvalue weighted by atomic mass is 35.5. The third-order valence-corrected chi connectivity index (χ3v) is 3.03. The lowest BCUT2D eigenvalue weighted by atomic mass is 10.2. The van der Waals surface area contributed by atoms with Gasteiger partial charge in [0.1, 0.15) is 0 Å². The molecule has 0 fully saturated rings. The van der Waals surface area contributed by atoms with E-state index in [0.29, 0.717) is 0 Å². The van der Waals surface area contributed by atoms with E-state index < -0.39 is 11.0 Å². The summed E-state index contributed by atoms with van der Waals surface area (Å²) < 4.78 is 0. The quantitative estimate of drug-likeness (QED) is 0.659. The number of nitrogens with one attached hydrogen (secondary N) is 2. The Balaban J connectivity index is 1.99. The number of nitro benzene ring substituents is 1. The summed E-state index contributed by atoms with van der Waals surface area (Å²) in [7, 11) is 0. The van der Waals surface area contributed by atoms with Crippen LogP contribution >= 0.6 is 11.6 Å². The predicted octanol–water partition coefficient (Wildman–Crippen LogP) is 4.04. The Kier molecular flexibility index (Phi) is 5.11. The third kappa shape index (κ3) is 4.32. The van der Waals surface area contributed by atoms with Crippen LogP contribution in [0.4, 0.5) is 16.2 Å². The van der Waals surface area contributed by atoms with Gasteiger partial charge >= 0.3 is 6.03 Å². The fourth-order valence-corrected chi connectivity index (χ4v) is 1.82. The Hall–Kier alpha value is -2.86. The van der Waals surface area contributed by atoms with E-state index in [4.69, 9.17) is 11.6 Å². The topological polar surface area (TPSA) is 84.3 Å². The number of rotatable bonds is 4. The van der Waals surface area contributed by atoms with Crippen LogP contribution < -0.4 is 10.6 Å². The molecule has 6 nitrogen and oxygen atoms in total. The van der Waals surface area contributed by atoms with Gasteiger partial charge in [0.15, 0.2) is 0 Å². The molecule has 2 aromatic rings. The second kappa shape index (κ2) is 7.24. The van der Waals surface area contributed by atoms with Crippen LogP contribution in [0.2, 0.25) is 5.02 Å². The minimum atomic E-state index is -0.561. The van der Waals surface area contributed by atoms with Crippen LogP contribution in [-0.2, 0) is 0 Å². The molecule has 0 spiro atoms. The predicted molar refractivity (Wildman–Crippen MR) is 85.7 cm³/mol. The first-order valence-corrected chi connectivity index (χ1v) is 6.67. The van der Waals surface area contributed by atoms with Gasteiger partial charge in [0.25, 0.3) is 5.69 Å². The molecule has 0 aliphatic heterocycles. The molecule has 2 amide bonds. The molecule has 0 bridgehead atoms. The Morgan fingerprint density at radius 2 is 1.91 bits per heavy atom. The number of carbonyl (C=O) groups excluding carboxylic acids is 1. The number of hydrogen-bond donors (Lipinski definition) is 2. The first-order valence-electron chi connectivity index (χ1n) is 6.29. The molecular weight excluding hydrogens is 306 g/mol. The molecule has 2 N–H and O–H groups in total. The van der Waals surface area contributed by atoms with Crippen LogP contribution in [-0.4, -0.2) is 11.0 Å². The molecular formula is C15H12ClN3O3. The number of anilines is 1. The van der Waals surface area contributed by atoms with Gasteiger partial charge in [-0.2, -0.15) is 0 Å². The van der Waals surface area contributed by atoms with E-state index in [1.54, 1.807) is 6.08 Å². The molecule has 0 aliphatic carbocycles. The average Bonchev–Trinajstić information content (AvgIpc) is 2.50. The maximum absolute atomic E-state index is 11.7. The number of nitro groups is 1. The van der Waals surface area contributed by atoms with Crippen molar-refractivity contribution in [3.8, 4) is 0 Å². The van der Waals surface area contributed by atoms with Crippen molar-refractivity contribution in [1.82, 2.24) is 5.32 Å². The normalized spacial score (nSPS) is 10.4. The number of hydrogen-bond acceptors (Lipinski definition) is 3. The lowest BCUT2D eigenvalue weighted by Crippen LogP contribution is -2.23. The summed E-state index contributed by atoms with van der Waals surface area (Å²) in [5.74, 6) is 0. The van der Waals surface area contributed by atoms with E-state index in [9.17, 15) is 14.9 Å². The third-order valence-electron chi connectivity index (χ3n) is 2.70. The van der Waals surface area contributed by atoms with Crippen LogP contribution in [0, 0.1) is 10.1 Å². The highest BCUT2D eigenvalue weighted by Gasteiger charge is 2.11. The van der Waals surface area contributed by atoms with E-state index in [2.05, 4.69) is 10.6 Å². The maximum atomic E-state index is 11.7. The number of nitrogens with zero attached hydrogens (tertiary/aromatic N) is 1. The Labute approximate surface area is 131 Å². The first kappa shape index (κ1) is 15.5. The van der Waals surface area contributed by atoms with Crippen molar-refractivity contribution in [3.63, 3.8) is 0 Å². The summed E-state index contributed by atoms with van der Waals surface area (Å²) in [4.78, 5) is 21.9. The first-order chi connectivity index (χ1) is 10.6. The monoisotopic (exact) mass is 317 g/mol. The van der Waals surface area contributed by atoms with Crippen molar-refractivity contribution in [2.24, 2.45) is 0 Å². The molecule has 22 heavy (non-hydrogen) atoms. The van der Waals surface area contributed by atoms with Gasteiger partial charge in [-0.3, -0.25) is 10.1 Å². The number of carbonyl (C=O) groups is 1. The lowest BCUT2D eigenvalue weighted by molar-refractivity contribution is -0.384. The molecule has 0 radical (unpaired) electrons. The zero-order chi connectivity index (χ0) is 15.9. The molecule has 0 saturated heterocycles. The van der Waals surface area contributed by atoms with Crippen LogP contribution in [0.15, 0.2) is 54.7 Å². The van der Waals surface area contributed by atoms with Crippen molar-refractivity contribution in [2.45, 2.75) is 0 Å². The fourth-order valence-electron chi connectivity index (χ4n) is 1.66. The fraction of sp³-hybridized carbons (Fsp3) is 0. The van der Waals surface area contributed by atoms with Crippen LogP contribution in [0.25, 0.3) is 6.08 Å². The highest BCUT2D eigenvalue weighted by molar-refractivity contribution is 6.33. The van der Waals surface area contributed by atoms with Crippen molar-refractivity contribution in [1.29, 1.82) is 0 Å². The molecule has 2 aromatic carbocycles. The largest absolute Gasteiger partial charge is 0.323 e. The number of non-ortho nitro benzene ring substituents is 1. The molecule has 0 atom stereocenters. The second-order valence-corrected chi connectivity index (χ2v) is 4.67. The lowest BCUT2D eigenvalue weighted by Gasteiger charge is -2.06. The van der Waals surface area contributed by atoms with Gasteiger partial charge in [0.2, 0.25) is 0 Å². The summed E-state index contributed by atoms with van der Waals surface area (Å²) >= 11 is 5.89. The zero-order valence-electron chi connectivity index (χ0n) is 11.3. The summed E-state index contributed by atoms with van der Waals surface area (Å²) in [6.07, 6.45) is 3.19. The standard InChI is InChI=1S/C15H12ClN3O3/c16-13-7-6-12(19(21)22)10-14(13)18-15(20)17-9-8-11-4-2-1-3-5-11/h1-10H,(H2,17,18,20)/b9-8+. The number of halogens is 1. The molecule has 0 aromatic heterocycles. The summed E-state index contributed by atoms with van der Waals surface area (Å²) in [6.45, 7) is 0. The van der Waals surface area contributed by atoms with Crippen molar-refractivity contribution in [3.05, 3.63) is 75.4 Å². The van der Waals surface area contributed by atoms with Gasteiger partial charge in [0, 0.05) is 18.3 Å². The number of benzene rings is 2. The van der Waals surface area contributed by atoms with Crippen molar-refractivity contribution < 1.29 is 9.72 Å². The number of urea groups is 1.